The van der Waals surface area contributed by atoms with Crippen molar-refractivity contribution in [2.45, 2.75) is 26.2 Å². The van der Waals surface area contributed by atoms with E-state index in [2.05, 4.69) is 56.7 Å². The minimum absolute atomic E-state index is 0.758. The molecule has 6 heteroatoms. The number of allylic oxidation sites excluding steroid dienone is 1. The van der Waals surface area contributed by atoms with Gasteiger partial charge in [0.2, 0.25) is 0 Å². The molecule has 0 saturated heterocycles. The summed E-state index contributed by atoms with van der Waals surface area (Å²) in [6.07, 6.45) is 5.23. The van der Waals surface area contributed by atoms with Crippen molar-refractivity contribution in [3.63, 3.8) is 0 Å². The van der Waals surface area contributed by atoms with E-state index >= 15 is 0 Å². The predicted octanol–water partition coefficient (Wildman–Crippen LogP) is 5.14. The normalized spacial score (nSPS) is 13.9. The van der Waals surface area contributed by atoms with E-state index in [4.69, 9.17) is 4.74 Å². The van der Waals surface area contributed by atoms with Gasteiger partial charge in [-0.05, 0) is 60.7 Å². The first-order valence-corrected chi connectivity index (χ1v) is 10.0. The summed E-state index contributed by atoms with van der Waals surface area (Å²) in [5.74, 6) is 2.54. The van der Waals surface area contributed by atoms with Crippen LogP contribution in [0.25, 0.3) is 28.2 Å². The van der Waals surface area contributed by atoms with E-state index < -0.39 is 0 Å². The molecule has 5 rings (SSSR count). The number of rotatable bonds is 5. The fraction of sp³-hybridized carbons (Fsp3) is 0.217. The summed E-state index contributed by atoms with van der Waals surface area (Å²) in [5.41, 5.74) is 6.25. The number of ether oxygens (including phenoxy) is 1. The maximum absolute atomic E-state index is 5.75. The molecule has 3 heterocycles. The van der Waals surface area contributed by atoms with Crippen LogP contribution in [0.2, 0.25) is 0 Å². The summed E-state index contributed by atoms with van der Waals surface area (Å²) >= 11 is 0. The number of fused-ring (bicyclic) bond motifs is 2. The Bertz CT molecular complexity index is 1150. The van der Waals surface area contributed by atoms with Crippen LogP contribution in [-0.2, 0) is 6.42 Å². The number of hydrogen-bond donors (Lipinski definition) is 3. The first kappa shape index (κ1) is 17.6. The minimum Gasteiger partial charge on any atom is -0.493 e. The second-order valence-electron chi connectivity index (χ2n) is 7.19. The highest BCUT2D eigenvalue weighted by molar-refractivity contribution is 5.80. The number of hydrogen-bond acceptors (Lipinski definition) is 4. The summed E-state index contributed by atoms with van der Waals surface area (Å²) in [6.45, 7) is 2.94. The maximum Gasteiger partial charge on any atom is 0.156 e. The number of nitrogens with zero attached hydrogens (tertiary/aromatic N) is 2. The third-order valence-electron chi connectivity index (χ3n) is 5.11. The fourth-order valence-electron chi connectivity index (χ4n) is 3.70. The molecule has 4 aromatic rings. The summed E-state index contributed by atoms with van der Waals surface area (Å²) in [5, 5.41) is 11.0. The van der Waals surface area contributed by atoms with Crippen molar-refractivity contribution in [3.8, 4) is 17.3 Å². The van der Waals surface area contributed by atoms with Crippen LogP contribution in [0.3, 0.4) is 0 Å². The van der Waals surface area contributed by atoms with Crippen LogP contribution in [0.15, 0.2) is 54.6 Å². The van der Waals surface area contributed by atoms with Gasteiger partial charge < -0.3 is 15.0 Å². The first-order chi connectivity index (χ1) is 14.3. The maximum atomic E-state index is 5.75. The molecule has 0 spiro atoms. The van der Waals surface area contributed by atoms with Gasteiger partial charge in [0.05, 0.1) is 17.6 Å². The number of H-pyrrole nitrogens is 2. The van der Waals surface area contributed by atoms with Crippen molar-refractivity contribution in [1.82, 2.24) is 20.2 Å². The molecule has 2 aromatic heterocycles. The van der Waals surface area contributed by atoms with E-state index in [1.54, 1.807) is 0 Å². The van der Waals surface area contributed by atoms with E-state index in [1.807, 2.05) is 30.3 Å². The number of para-hydroxylation sites is 2. The monoisotopic (exact) mass is 385 g/mol. The van der Waals surface area contributed by atoms with Crippen LogP contribution >= 0.6 is 0 Å². The Labute approximate surface area is 169 Å². The van der Waals surface area contributed by atoms with Crippen LogP contribution in [0.4, 0.5) is 5.82 Å². The SMILES string of the molecule is CC/C=C(/Nc1cc(-c2nc3ccccc3[nH]2)[nH]n1)c1ccc2c(c1)CCCO2. The third-order valence-corrected chi connectivity index (χ3v) is 5.11. The summed E-state index contributed by atoms with van der Waals surface area (Å²) < 4.78 is 5.75. The number of imidazole rings is 1. The van der Waals surface area contributed by atoms with Gasteiger partial charge in [0, 0.05) is 11.8 Å². The molecule has 0 saturated carbocycles. The Morgan fingerprint density at radius 3 is 3.03 bits per heavy atom. The highest BCUT2D eigenvalue weighted by Crippen LogP contribution is 2.29. The lowest BCUT2D eigenvalue weighted by atomic mass is 10.0. The second-order valence-corrected chi connectivity index (χ2v) is 7.19. The van der Waals surface area contributed by atoms with Gasteiger partial charge in [0.1, 0.15) is 11.4 Å². The van der Waals surface area contributed by atoms with Crippen molar-refractivity contribution in [2.75, 3.05) is 11.9 Å². The zero-order valence-corrected chi connectivity index (χ0v) is 16.3. The second kappa shape index (κ2) is 7.47. The van der Waals surface area contributed by atoms with E-state index in [1.165, 1.54) is 5.56 Å². The molecule has 1 aliphatic rings. The lowest BCUT2D eigenvalue weighted by Crippen LogP contribution is -2.09. The highest BCUT2D eigenvalue weighted by Gasteiger charge is 2.14. The van der Waals surface area contributed by atoms with E-state index in [0.717, 1.165) is 71.2 Å². The van der Waals surface area contributed by atoms with Gasteiger partial charge in [-0.15, -0.1) is 0 Å². The lowest BCUT2D eigenvalue weighted by Gasteiger charge is -2.19. The molecular weight excluding hydrogens is 362 g/mol. The summed E-state index contributed by atoms with van der Waals surface area (Å²) in [7, 11) is 0. The smallest absolute Gasteiger partial charge is 0.156 e. The molecule has 0 bridgehead atoms. The van der Waals surface area contributed by atoms with E-state index in [9.17, 15) is 0 Å². The molecule has 0 atom stereocenters. The first-order valence-electron chi connectivity index (χ1n) is 10.0. The standard InChI is InChI=1S/C23H23N5O/c1-2-6-17(15-10-11-21-16(13-15)7-5-12-29-21)24-22-14-20(27-28-22)23-25-18-8-3-4-9-19(18)26-23/h3-4,6,8-11,13-14H,2,5,7,12H2,1H3,(H,25,26)(H2,24,27,28)/b17-6+. The molecular formula is C23H23N5O. The number of aryl methyl sites for hydroxylation is 1. The van der Waals surface area contributed by atoms with E-state index in [0.29, 0.717) is 0 Å². The van der Waals surface area contributed by atoms with Crippen molar-refractivity contribution in [2.24, 2.45) is 0 Å². The molecule has 3 N–H and O–H groups in total. The molecule has 0 unspecified atom stereocenters. The van der Waals surface area contributed by atoms with Crippen molar-refractivity contribution >= 4 is 22.5 Å². The van der Waals surface area contributed by atoms with Gasteiger partial charge in [-0.2, -0.15) is 5.10 Å². The van der Waals surface area contributed by atoms with Crippen LogP contribution in [0.1, 0.15) is 30.9 Å². The van der Waals surface area contributed by atoms with Crippen molar-refractivity contribution < 1.29 is 4.74 Å². The Balaban J connectivity index is 1.41. The molecule has 0 radical (unpaired) electrons. The Hall–Kier alpha value is -3.54. The predicted molar refractivity (Wildman–Crippen MR) is 116 cm³/mol. The van der Waals surface area contributed by atoms with Gasteiger partial charge in [-0.3, -0.25) is 5.10 Å². The van der Waals surface area contributed by atoms with Crippen LogP contribution in [0.5, 0.6) is 5.75 Å². The molecule has 2 aromatic carbocycles. The Morgan fingerprint density at radius 2 is 2.14 bits per heavy atom. The van der Waals surface area contributed by atoms with E-state index in [-0.39, 0.29) is 0 Å². The molecule has 0 aliphatic carbocycles. The Kier molecular flexibility index (Phi) is 4.52. The van der Waals surface area contributed by atoms with Gasteiger partial charge in [-0.1, -0.05) is 25.1 Å². The minimum atomic E-state index is 0.758. The molecule has 146 valence electrons. The molecule has 6 nitrogen and oxygen atoms in total. The number of benzene rings is 2. The van der Waals surface area contributed by atoms with Crippen LogP contribution in [-0.4, -0.2) is 26.8 Å². The zero-order valence-electron chi connectivity index (χ0n) is 16.3. The van der Waals surface area contributed by atoms with Gasteiger partial charge in [-0.25, -0.2) is 4.98 Å². The molecule has 0 amide bonds. The summed E-state index contributed by atoms with van der Waals surface area (Å²) in [4.78, 5) is 7.97. The number of anilines is 1. The van der Waals surface area contributed by atoms with Gasteiger partial charge in [0.25, 0.3) is 0 Å². The zero-order chi connectivity index (χ0) is 19.6. The molecule has 1 aliphatic heterocycles. The van der Waals surface area contributed by atoms with Gasteiger partial charge >= 0.3 is 0 Å². The van der Waals surface area contributed by atoms with Crippen molar-refractivity contribution in [1.29, 1.82) is 0 Å². The number of aromatic amines is 2. The lowest BCUT2D eigenvalue weighted by molar-refractivity contribution is 0.288. The number of aromatic nitrogens is 4. The van der Waals surface area contributed by atoms with Gasteiger partial charge in [0.15, 0.2) is 11.6 Å². The van der Waals surface area contributed by atoms with Crippen LogP contribution < -0.4 is 10.1 Å². The summed E-state index contributed by atoms with van der Waals surface area (Å²) in [6, 6.07) is 16.4. The fourth-order valence-corrected chi connectivity index (χ4v) is 3.70. The average Bonchev–Trinajstić information content (AvgIpc) is 3.40. The van der Waals surface area contributed by atoms with Crippen molar-refractivity contribution in [3.05, 3.63) is 65.7 Å². The largest absolute Gasteiger partial charge is 0.493 e. The highest BCUT2D eigenvalue weighted by atomic mass is 16.5. The average molecular weight is 385 g/mol. The van der Waals surface area contributed by atoms with Crippen LogP contribution in [0, 0.1) is 0 Å². The number of nitrogens with one attached hydrogen (secondary N) is 3. The quantitative estimate of drug-likeness (QED) is 0.444. The Morgan fingerprint density at radius 1 is 1.21 bits per heavy atom. The topological polar surface area (TPSA) is 78.6 Å². The third kappa shape index (κ3) is 3.49. The molecule has 29 heavy (non-hydrogen) atoms. The molecule has 0 fully saturated rings.